The average Bonchev–Trinajstić information content (AvgIpc) is 3.67. The summed E-state index contributed by atoms with van der Waals surface area (Å²) in [5.41, 5.74) is 9.59. The summed E-state index contributed by atoms with van der Waals surface area (Å²) in [5, 5.41) is 5.76. The number of hydrogen-bond acceptors (Lipinski definition) is 4. The monoisotopic (exact) mass is 487 g/mol. The summed E-state index contributed by atoms with van der Waals surface area (Å²) < 4.78 is 21.5. The Labute approximate surface area is 210 Å². The minimum atomic E-state index is -0.625. The lowest BCUT2D eigenvalue weighted by molar-refractivity contribution is 0.135. The normalized spacial score (nSPS) is 24.9. The van der Waals surface area contributed by atoms with Crippen molar-refractivity contribution < 1.29 is 9.13 Å². The van der Waals surface area contributed by atoms with E-state index >= 15 is 0 Å². The lowest BCUT2D eigenvalue weighted by atomic mass is 9.80. The van der Waals surface area contributed by atoms with E-state index in [9.17, 15) is 4.39 Å². The molecule has 3 aliphatic rings. The Hall–Kier alpha value is -2.77. The fourth-order valence-electron chi connectivity index (χ4n) is 6.99. The van der Waals surface area contributed by atoms with Crippen LogP contribution in [0.25, 0.3) is 27.8 Å². The fraction of sp³-hybridized carbons (Fsp3) is 0.517. The van der Waals surface area contributed by atoms with Gasteiger partial charge in [-0.15, -0.1) is 0 Å². The zero-order valence-electron chi connectivity index (χ0n) is 21.1. The number of pyridine rings is 1. The Kier molecular flexibility index (Phi) is 5.40. The van der Waals surface area contributed by atoms with Crippen LogP contribution in [0.3, 0.4) is 0 Å². The highest BCUT2D eigenvalue weighted by Gasteiger charge is 2.32. The molecule has 1 saturated carbocycles. The summed E-state index contributed by atoms with van der Waals surface area (Å²) in [7, 11) is 0. The van der Waals surface area contributed by atoms with Crippen LogP contribution in [0.1, 0.15) is 80.0 Å². The number of likely N-dealkylation sites (tertiary alicyclic amines) is 1. The number of H-pyrrole nitrogens is 1. The van der Waals surface area contributed by atoms with Crippen LogP contribution in [0.4, 0.5) is 4.39 Å². The quantitative estimate of drug-likeness (QED) is 0.378. The zero-order chi connectivity index (χ0) is 24.4. The van der Waals surface area contributed by atoms with Gasteiger partial charge in [0.2, 0.25) is 0 Å². The maximum atomic E-state index is 13.7. The molecule has 4 aromatic rings. The largest absolute Gasteiger partial charge is 0.372 e. The Morgan fingerprint density at radius 2 is 1.92 bits per heavy atom. The highest BCUT2D eigenvalue weighted by molar-refractivity contribution is 5.93. The molecule has 1 saturated heterocycles. The van der Waals surface area contributed by atoms with Gasteiger partial charge in [-0.05, 0) is 72.8 Å². The van der Waals surface area contributed by atoms with Gasteiger partial charge in [0.05, 0.1) is 18.9 Å². The van der Waals surface area contributed by atoms with Gasteiger partial charge in [0.1, 0.15) is 12.5 Å². The molecular formula is C29H34FN5O. The topological polar surface area (TPSA) is 58.5 Å². The summed E-state index contributed by atoms with van der Waals surface area (Å²) in [6.45, 7) is 7.32. The molecule has 1 aromatic carbocycles. The minimum absolute atomic E-state index is 0.368. The van der Waals surface area contributed by atoms with Crippen LogP contribution < -0.4 is 0 Å². The van der Waals surface area contributed by atoms with Crippen LogP contribution in [0, 0.1) is 0 Å². The summed E-state index contributed by atoms with van der Waals surface area (Å²) in [6.07, 6.45) is 8.53. The first-order valence-corrected chi connectivity index (χ1v) is 13.5. The number of halogens is 1. The Morgan fingerprint density at radius 3 is 2.69 bits per heavy atom. The number of alkyl halides is 1. The molecule has 1 aliphatic carbocycles. The second kappa shape index (κ2) is 8.67. The van der Waals surface area contributed by atoms with E-state index in [2.05, 4.69) is 58.2 Å². The Bertz CT molecular complexity index is 1430. The second-order valence-corrected chi connectivity index (χ2v) is 11.3. The van der Waals surface area contributed by atoms with E-state index in [4.69, 9.17) is 4.74 Å². The zero-order valence-corrected chi connectivity index (χ0v) is 21.1. The summed E-state index contributed by atoms with van der Waals surface area (Å²) in [6, 6.07) is 7.59. The van der Waals surface area contributed by atoms with Gasteiger partial charge in [0.25, 0.3) is 0 Å². The lowest BCUT2D eigenvalue weighted by Crippen LogP contribution is -2.36. The van der Waals surface area contributed by atoms with Crippen LogP contribution >= 0.6 is 0 Å². The predicted octanol–water partition coefficient (Wildman–Crippen LogP) is 6.10. The number of hydrogen-bond donors (Lipinski definition) is 1. The van der Waals surface area contributed by atoms with E-state index in [1.54, 1.807) is 6.33 Å². The van der Waals surface area contributed by atoms with Crippen LogP contribution in [0.15, 0.2) is 30.7 Å². The third-order valence-corrected chi connectivity index (χ3v) is 8.83. The molecule has 0 unspecified atom stereocenters. The molecule has 2 aliphatic heterocycles. The molecule has 0 spiro atoms. The Morgan fingerprint density at radius 1 is 1.08 bits per heavy atom. The first-order valence-electron chi connectivity index (χ1n) is 13.5. The fourth-order valence-corrected chi connectivity index (χ4v) is 6.99. The molecule has 0 bridgehead atoms. The van der Waals surface area contributed by atoms with E-state index in [0.717, 1.165) is 17.8 Å². The molecule has 5 heterocycles. The summed E-state index contributed by atoms with van der Waals surface area (Å²) >= 11 is 0. The van der Waals surface area contributed by atoms with Gasteiger partial charge < -0.3 is 9.72 Å². The van der Waals surface area contributed by atoms with Gasteiger partial charge >= 0.3 is 0 Å². The van der Waals surface area contributed by atoms with Crippen molar-refractivity contribution in [2.75, 3.05) is 13.1 Å². The van der Waals surface area contributed by atoms with E-state index < -0.39 is 6.17 Å². The van der Waals surface area contributed by atoms with Crippen molar-refractivity contribution in [3.63, 3.8) is 0 Å². The number of ether oxygens (including phenoxy) is 1. The van der Waals surface area contributed by atoms with Gasteiger partial charge in [-0.25, -0.2) is 13.9 Å². The molecule has 1 N–H and O–H groups in total. The number of nitrogens with zero attached hydrogens (tertiary/aromatic N) is 4. The first kappa shape index (κ1) is 22.4. The van der Waals surface area contributed by atoms with Gasteiger partial charge in [0, 0.05) is 47.4 Å². The molecule has 1 atom stereocenters. The van der Waals surface area contributed by atoms with E-state index in [-0.39, 0.29) is 0 Å². The molecular weight excluding hydrogens is 453 g/mol. The first-order chi connectivity index (χ1) is 17.6. The number of benzene rings is 1. The average molecular weight is 488 g/mol. The van der Waals surface area contributed by atoms with Gasteiger partial charge in [-0.1, -0.05) is 19.9 Å². The van der Waals surface area contributed by atoms with Gasteiger partial charge in [-0.3, -0.25) is 4.90 Å². The number of aromatic amines is 1. The highest BCUT2D eigenvalue weighted by Crippen LogP contribution is 2.42. The molecule has 188 valence electrons. The molecule has 7 rings (SSSR count). The molecule has 0 radical (unpaired) electrons. The molecule has 6 nitrogen and oxygen atoms in total. The van der Waals surface area contributed by atoms with Crippen molar-refractivity contribution in [2.24, 2.45) is 0 Å². The van der Waals surface area contributed by atoms with Crippen LogP contribution in [-0.4, -0.2) is 49.8 Å². The summed E-state index contributed by atoms with van der Waals surface area (Å²) in [5.74, 6) is 0.949. The maximum absolute atomic E-state index is 13.7. The summed E-state index contributed by atoms with van der Waals surface area (Å²) in [4.78, 5) is 10.6. The number of fused-ring (bicyclic) bond motifs is 4. The molecule has 0 amide bonds. The molecule has 36 heavy (non-hydrogen) atoms. The SMILES string of the molecule is CC(C)c1c(-c2cn3ncnc3c3c2COC3)[nH]c2ccc(C3CCC(N4CC[C@H](F)C4)CC3)cc12. The van der Waals surface area contributed by atoms with Gasteiger partial charge in [0.15, 0.2) is 5.65 Å². The molecule has 7 heteroatoms. The third kappa shape index (κ3) is 3.58. The minimum Gasteiger partial charge on any atom is -0.372 e. The number of nitrogens with one attached hydrogen (secondary N) is 1. The Balaban J connectivity index is 1.24. The van der Waals surface area contributed by atoms with Crippen molar-refractivity contribution >= 4 is 16.6 Å². The van der Waals surface area contributed by atoms with Crippen molar-refractivity contribution in [3.8, 4) is 11.3 Å². The third-order valence-electron chi connectivity index (χ3n) is 8.83. The van der Waals surface area contributed by atoms with E-state index in [1.165, 1.54) is 64.5 Å². The second-order valence-electron chi connectivity index (χ2n) is 11.3. The smallest absolute Gasteiger partial charge is 0.161 e. The number of rotatable bonds is 4. The van der Waals surface area contributed by atoms with Crippen molar-refractivity contribution in [1.29, 1.82) is 0 Å². The van der Waals surface area contributed by atoms with Gasteiger partial charge in [-0.2, -0.15) is 5.10 Å². The van der Waals surface area contributed by atoms with E-state index in [1.807, 2.05) is 4.52 Å². The predicted molar refractivity (Wildman–Crippen MR) is 139 cm³/mol. The molecule has 3 aromatic heterocycles. The van der Waals surface area contributed by atoms with Crippen molar-refractivity contribution in [2.45, 2.75) is 83.2 Å². The number of aromatic nitrogens is 4. The van der Waals surface area contributed by atoms with Crippen LogP contribution in [-0.2, 0) is 18.0 Å². The van der Waals surface area contributed by atoms with Crippen LogP contribution in [0.5, 0.6) is 0 Å². The van der Waals surface area contributed by atoms with Crippen molar-refractivity contribution in [1.82, 2.24) is 24.5 Å². The maximum Gasteiger partial charge on any atom is 0.161 e. The van der Waals surface area contributed by atoms with Crippen LogP contribution in [0.2, 0.25) is 0 Å². The van der Waals surface area contributed by atoms with E-state index in [0.29, 0.717) is 44.1 Å². The standard InChI is InChI=1S/C29H34FN5O/c1-17(2)27-22-11-19(18-3-6-21(7-4-18)34-10-9-20(30)12-34)5-8-26(22)33-28(27)23-13-35-29(31-16-32-35)25-15-36-14-24(23)25/h5,8,11,13,16-18,20-21,33H,3-4,6-7,9-10,12,14-15H2,1-2H3/t18?,20-,21?/m0/s1. The molecule has 2 fully saturated rings. The lowest BCUT2D eigenvalue weighted by Gasteiger charge is -2.34. The van der Waals surface area contributed by atoms with Crippen molar-refractivity contribution in [3.05, 3.63) is 53.0 Å². The highest BCUT2D eigenvalue weighted by atomic mass is 19.1.